The van der Waals surface area contributed by atoms with E-state index in [9.17, 15) is 9.59 Å². The van der Waals surface area contributed by atoms with E-state index in [-0.39, 0.29) is 24.4 Å². The quantitative estimate of drug-likeness (QED) is 0.679. The van der Waals surface area contributed by atoms with E-state index in [4.69, 9.17) is 4.74 Å². The maximum atomic E-state index is 11.7. The first kappa shape index (κ1) is 14.5. The van der Waals surface area contributed by atoms with Crippen LogP contribution < -0.4 is 16.0 Å². The van der Waals surface area contributed by atoms with Gasteiger partial charge in [-0.2, -0.15) is 0 Å². The van der Waals surface area contributed by atoms with Crippen LogP contribution in [0.5, 0.6) is 0 Å². The van der Waals surface area contributed by atoms with Gasteiger partial charge in [0, 0.05) is 24.7 Å². The van der Waals surface area contributed by atoms with Gasteiger partial charge in [-0.1, -0.05) is 18.2 Å². The predicted molar refractivity (Wildman–Crippen MR) is 74.4 cm³/mol. The normalized spacial score (nSPS) is 18.3. The first-order chi connectivity index (χ1) is 9.75. The molecule has 108 valence electrons. The summed E-state index contributed by atoms with van der Waals surface area (Å²) in [5.41, 5.74) is 0.544. The van der Waals surface area contributed by atoms with Gasteiger partial charge in [0.15, 0.2) is 0 Å². The molecular weight excluding hydrogens is 258 g/mol. The predicted octanol–water partition coefficient (Wildman–Crippen LogP) is -0.479. The van der Waals surface area contributed by atoms with E-state index in [1.807, 2.05) is 6.07 Å². The van der Waals surface area contributed by atoms with Crippen molar-refractivity contribution in [2.24, 2.45) is 0 Å². The van der Waals surface area contributed by atoms with Gasteiger partial charge in [-0.3, -0.25) is 9.59 Å². The number of carbonyl (C=O) groups excluding carboxylic acids is 2. The summed E-state index contributed by atoms with van der Waals surface area (Å²) in [7, 11) is 0. The number of carbonyl (C=O) groups is 2. The fourth-order valence-electron chi connectivity index (χ4n) is 1.90. The molecule has 1 aromatic carbocycles. The zero-order valence-corrected chi connectivity index (χ0v) is 11.2. The summed E-state index contributed by atoms with van der Waals surface area (Å²) < 4.78 is 5.29. The molecule has 6 nitrogen and oxygen atoms in total. The smallest absolute Gasteiger partial charge is 0.251 e. The Kier molecular flexibility index (Phi) is 5.52. The van der Waals surface area contributed by atoms with Gasteiger partial charge in [0.25, 0.3) is 5.91 Å². The zero-order valence-electron chi connectivity index (χ0n) is 11.2. The van der Waals surface area contributed by atoms with E-state index in [0.717, 1.165) is 6.54 Å². The molecule has 1 saturated heterocycles. The second kappa shape index (κ2) is 7.62. The number of hydrogen-bond donors (Lipinski definition) is 3. The van der Waals surface area contributed by atoms with Gasteiger partial charge in [0.1, 0.15) is 0 Å². The van der Waals surface area contributed by atoms with E-state index < -0.39 is 0 Å². The molecule has 2 rings (SSSR count). The summed E-state index contributed by atoms with van der Waals surface area (Å²) in [5.74, 6) is -0.457. The Morgan fingerprint density at radius 3 is 2.75 bits per heavy atom. The van der Waals surface area contributed by atoms with Crippen molar-refractivity contribution in [2.45, 2.75) is 6.04 Å². The van der Waals surface area contributed by atoms with Crippen molar-refractivity contribution >= 4 is 11.8 Å². The van der Waals surface area contributed by atoms with Crippen LogP contribution in [0, 0.1) is 0 Å². The third-order valence-electron chi connectivity index (χ3n) is 2.99. The Hall–Kier alpha value is -1.92. The molecule has 0 bridgehead atoms. The lowest BCUT2D eigenvalue weighted by Gasteiger charge is -2.23. The number of ether oxygens (including phenoxy) is 1. The van der Waals surface area contributed by atoms with Crippen molar-refractivity contribution in [1.29, 1.82) is 0 Å². The van der Waals surface area contributed by atoms with Gasteiger partial charge < -0.3 is 20.7 Å². The molecule has 1 atom stereocenters. The average Bonchev–Trinajstić information content (AvgIpc) is 2.52. The first-order valence-electron chi connectivity index (χ1n) is 6.67. The molecule has 1 unspecified atom stereocenters. The maximum absolute atomic E-state index is 11.7. The number of nitrogens with one attached hydrogen (secondary N) is 3. The molecule has 0 aromatic heterocycles. The molecule has 1 aliphatic rings. The summed E-state index contributed by atoms with van der Waals surface area (Å²) in [6.07, 6.45) is 0. The first-order valence-corrected chi connectivity index (χ1v) is 6.67. The fraction of sp³-hybridized carbons (Fsp3) is 0.429. The van der Waals surface area contributed by atoms with Crippen LogP contribution in [-0.2, 0) is 9.53 Å². The van der Waals surface area contributed by atoms with Crippen molar-refractivity contribution in [3.63, 3.8) is 0 Å². The number of hydrogen-bond acceptors (Lipinski definition) is 4. The standard InChI is InChI=1S/C14H19N3O3/c18-13(16-8-12-10-20-7-6-15-12)9-17-14(19)11-4-2-1-3-5-11/h1-5,12,15H,6-10H2,(H,16,18)(H,17,19). The molecule has 1 fully saturated rings. The van der Waals surface area contributed by atoms with Crippen LogP contribution in [0.15, 0.2) is 30.3 Å². The minimum absolute atomic E-state index is 0.0265. The summed E-state index contributed by atoms with van der Waals surface area (Å²) in [6, 6.07) is 8.95. The van der Waals surface area contributed by atoms with Crippen molar-refractivity contribution in [2.75, 3.05) is 32.8 Å². The van der Waals surface area contributed by atoms with Crippen LogP contribution in [0.4, 0.5) is 0 Å². The van der Waals surface area contributed by atoms with Crippen molar-refractivity contribution in [1.82, 2.24) is 16.0 Å². The molecular formula is C14H19N3O3. The van der Waals surface area contributed by atoms with E-state index in [0.29, 0.717) is 25.3 Å². The lowest BCUT2D eigenvalue weighted by Crippen LogP contribution is -2.49. The Labute approximate surface area is 117 Å². The Bertz CT molecular complexity index is 444. The minimum Gasteiger partial charge on any atom is -0.378 e. The molecule has 6 heteroatoms. The van der Waals surface area contributed by atoms with Gasteiger partial charge in [0.05, 0.1) is 19.8 Å². The number of amides is 2. The number of rotatable bonds is 5. The second-order valence-electron chi connectivity index (χ2n) is 4.58. The number of benzene rings is 1. The van der Waals surface area contributed by atoms with Crippen LogP contribution in [-0.4, -0.2) is 50.7 Å². The van der Waals surface area contributed by atoms with Gasteiger partial charge in [0.2, 0.25) is 5.91 Å². The maximum Gasteiger partial charge on any atom is 0.251 e. The molecule has 0 saturated carbocycles. The SMILES string of the molecule is O=C(CNC(=O)c1ccccc1)NCC1COCCN1. The topological polar surface area (TPSA) is 79.5 Å². The molecule has 3 N–H and O–H groups in total. The highest BCUT2D eigenvalue weighted by Gasteiger charge is 2.14. The molecule has 1 heterocycles. The van der Waals surface area contributed by atoms with E-state index in [2.05, 4.69) is 16.0 Å². The second-order valence-corrected chi connectivity index (χ2v) is 4.58. The summed E-state index contributed by atoms with van der Waals surface area (Å²) >= 11 is 0. The van der Waals surface area contributed by atoms with Crippen molar-refractivity contribution in [3.05, 3.63) is 35.9 Å². The van der Waals surface area contributed by atoms with Crippen molar-refractivity contribution < 1.29 is 14.3 Å². The molecule has 1 aliphatic heterocycles. The van der Waals surface area contributed by atoms with Gasteiger partial charge >= 0.3 is 0 Å². The van der Waals surface area contributed by atoms with Crippen LogP contribution in [0.2, 0.25) is 0 Å². The lowest BCUT2D eigenvalue weighted by molar-refractivity contribution is -0.120. The molecule has 0 aliphatic carbocycles. The van der Waals surface area contributed by atoms with Crippen LogP contribution in [0.1, 0.15) is 10.4 Å². The Balaban J connectivity index is 1.66. The molecule has 0 radical (unpaired) electrons. The monoisotopic (exact) mass is 277 g/mol. The largest absolute Gasteiger partial charge is 0.378 e. The highest BCUT2D eigenvalue weighted by molar-refractivity contribution is 5.96. The van der Waals surface area contributed by atoms with E-state index in [1.54, 1.807) is 24.3 Å². The third kappa shape index (κ3) is 4.64. The highest BCUT2D eigenvalue weighted by Crippen LogP contribution is 1.97. The zero-order chi connectivity index (χ0) is 14.2. The summed E-state index contributed by atoms with van der Waals surface area (Å²) in [6.45, 7) is 2.57. The third-order valence-corrected chi connectivity index (χ3v) is 2.99. The Morgan fingerprint density at radius 2 is 2.05 bits per heavy atom. The Morgan fingerprint density at radius 1 is 1.25 bits per heavy atom. The minimum atomic E-state index is -0.250. The van der Waals surface area contributed by atoms with Gasteiger partial charge in [-0.15, -0.1) is 0 Å². The van der Waals surface area contributed by atoms with Crippen LogP contribution in [0.25, 0.3) is 0 Å². The van der Waals surface area contributed by atoms with Crippen molar-refractivity contribution in [3.8, 4) is 0 Å². The van der Waals surface area contributed by atoms with E-state index >= 15 is 0 Å². The van der Waals surface area contributed by atoms with Gasteiger partial charge in [-0.05, 0) is 12.1 Å². The summed E-state index contributed by atoms with van der Waals surface area (Å²) in [5, 5.41) is 8.58. The van der Waals surface area contributed by atoms with Crippen LogP contribution in [0.3, 0.4) is 0 Å². The lowest BCUT2D eigenvalue weighted by atomic mass is 10.2. The molecule has 0 spiro atoms. The number of morpholine rings is 1. The van der Waals surface area contributed by atoms with E-state index in [1.165, 1.54) is 0 Å². The van der Waals surface area contributed by atoms with Gasteiger partial charge in [-0.25, -0.2) is 0 Å². The molecule has 1 aromatic rings. The fourth-order valence-corrected chi connectivity index (χ4v) is 1.90. The summed E-state index contributed by atoms with van der Waals surface area (Å²) in [4.78, 5) is 23.4. The molecule has 2 amide bonds. The average molecular weight is 277 g/mol. The highest BCUT2D eigenvalue weighted by atomic mass is 16.5. The molecule has 20 heavy (non-hydrogen) atoms. The van der Waals surface area contributed by atoms with Crippen LogP contribution >= 0.6 is 0 Å².